The second kappa shape index (κ2) is 7.48. The molecule has 19 heavy (non-hydrogen) atoms. The third-order valence-electron chi connectivity index (χ3n) is 3.90. The molecule has 0 aromatic heterocycles. The molecule has 0 saturated heterocycles. The number of amides is 1. The van der Waals surface area contributed by atoms with Gasteiger partial charge in [0.1, 0.15) is 0 Å². The number of aliphatic hydroxyl groups excluding tert-OH is 1. The number of unbranched alkanes of at least 4 members (excludes halogenated alkanes) is 1. The van der Waals surface area contributed by atoms with Crippen LogP contribution < -0.4 is 0 Å². The van der Waals surface area contributed by atoms with E-state index >= 15 is 0 Å². The molecule has 0 aliphatic heterocycles. The van der Waals surface area contributed by atoms with Crippen LogP contribution in [0.2, 0.25) is 0 Å². The highest BCUT2D eigenvalue weighted by Crippen LogP contribution is 2.37. The molecule has 0 radical (unpaired) electrons. The second-order valence-electron chi connectivity index (χ2n) is 5.53. The van der Waals surface area contributed by atoms with Crippen molar-refractivity contribution in [2.24, 2.45) is 17.8 Å². The summed E-state index contributed by atoms with van der Waals surface area (Å²) >= 11 is 0. The van der Waals surface area contributed by atoms with Gasteiger partial charge in [-0.25, -0.2) is 0 Å². The standard InChI is InChI=1S/C14H25NO4/c1-3-4-5-15(6-7-16)13(17)11-8-10(2)9-12(11)14(18)19/h10-12,16H,3-9H2,1-2H3,(H,18,19). The van der Waals surface area contributed by atoms with Crippen LogP contribution in [0.15, 0.2) is 0 Å². The van der Waals surface area contributed by atoms with Crippen molar-refractivity contribution in [1.29, 1.82) is 0 Å². The zero-order valence-electron chi connectivity index (χ0n) is 11.8. The molecule has 3 unspecified atom stereocenters. The van der Waals surface area contributed by atoms with Crippen LogP contribution in [0.3, 0.4) is 0 Å². The molecule has 1 aliphatic carbocycles. The lowest BCUT2D eigenvalue weighted by molar-refractivity contribution is -0.149. The molecule has 0 heterocycles. The third kappa shape index (κ3) is 4.20. The lowest BCUT2D eigenvalue weighted by atomic mass is 9.94. The summed E-state index contributed by atoms with van der Waals surface area (Å²) in [7, 11) is 0. The maximum atomic E-state index is 12.5. The van der Waals surface area contributed by atoms with Gasteiger partial charge < -0.3 is 15.1 Å². The van der Waals surface area contributed by atoms with Crippen LogP contribution in [0, 0.1) is 17.8 Å². The Balaban J connectivity index is 2.73. The summed E-state index contributed by atoms with van der Waals surface area (Å²) in [6.07, 6.45) is 3.07. The Morgan fingerprint density at radius 1 is 1.21 bits per heavy atom. The molecule has 0 spiro atoms. The van der Waals surface area contributed by atoms with Crippen molar-refractivity contribution in [3.63, 3.8) is 0 Å². The minimum atomic E-state index is -0.873. The van der Waals surface area contributed by atoms with Crippen molar-refractivity contribution in [2.45, 2.75) is 39.5 Å². The molecule has 1 rings (SSSR count). The van der Waals surface area contributed by atoms with Gasteiger partial charge in [-0.1, -0.05) is 20.3 Å². The Bertz CT molecular complexity index is 319. The maximum absolute atomic E-state index is 12.5. The smallest absolute Gasteiger partial charge is 0.307 e. The number of carbonyl (C=O) groups excluding carboxylic acids is 1. The van der Waals surface area contributed by atoms with Gasteiger partial charge in [-0.2, -0.15) is 0 Å². The van der Waals surface area contributed by atoms with Crippen LogP contribution in [0.1, 0.15) is 39.5 Å². The van der Waals surface area contributed by atoms with E-state index < -0.39 is 17.8 Å². The largest absolute Gasteiger partial charge is 0.481 e. The van der Waals surface area contributed by atoms with Crippen LogP contribution in [-0.4, -0.2) is 46.7 Å². The molecule has 5 heteroatoms. The number of aliphatic carboxylic acids is 1. The van der Waals surface area contributed by atoms with Gasteiger partial charge in [0, 0.05) is 13.1 Å². The maximum Gasteiger partial charge on any atom is 0.307 e. The summed E-state index contributed by atoms with van der Waals surface area (Å²) < 4.78 is 0. The van der Waals surface area contributed by atoms with Crippen LogP contribution in [0.25, 0.3) is 0 Å². The van der Waals surface area contributed by atoms with Gasteiger partial charge >= 0.3 is 5.97 Å². The number of hydrogen-bond donors (Lipinski definition) is 2. The molecule has 0 bridgehead atoms. The average Bonchev–Trinajstić information content (AvgIpc) is 2.76. The van der Waals surface area contributed by atoms with E-state index in [0.29, 0.717) is 25.9 Å². The summed E-state index contributed by atoms with van der Waals surface area (Å²) in [6, 6.07) is 0. The van der Waals surface area contributed by atoms with E-state index in [4.69, 9.17) is 5.11 Å². The van der Waals surface area contributed by atoms with E-state index in [1.165, 1.54) is 0 Å². The van der Waals surface area contributed by atoms with Gasteiger partial charge in [-0.3, -0.25) is 9.59 Å². The predicted octanol–water partition coefficient (Wildman–Crippen LogP) is 1.35. The second-order valence-corrected chi connectivity index (χ2v) is 5.53. The van der Waals surface area contributed by atoms with Crippen LogP contribution in [0.4, 0.5) is 0 Å². The fraction of sp³-hybridized carbons (Fsp3) is 0.857. The first-order valence-electron chi connectivity index (χ1n) is 7.13. The van der Waals surface area contributed by atoms with Gasteiger partial charge in [0.15, 0.2) is 0 Å². The third-order valence-corrected chi connectivity index (χ3v) is 3.90. The Morgan fingerprint density at radius 3 is 2.37 bits per heavy atom. The molecule has 2 N–H and O–H groups in total. The predicted molar refractivity (Wildman–Crippen MR) is 71.6 cm³/mol. The number of carbonyl (C=O) groups is 2. The first-order valence-corrected chi connectivity index (χ1v) is 7.13. The monoisotopic (exact) mass is 271 g/mol. The quantitative estimate of drug-likeness (QED) is 0.733. The van der Waals surface area contributed by atoms with Crippen molar-refractivity contribution in [1.82, 2.24) is 4.90 Å². The van der Waals surface area contributed by atoms with E-state index in [2.05, 4.69) is 0 Å². The van der Waals surface area contributed by atoms with Gasteiger partial charge in [-0.05, 0) is 25.2 Å². The summed E-state index contributed by atoms with van der Waals surface area (Å²) in [5, 5.41) is 18.3. The number of carboxylic acid groups (broad SMARTS) is 1. The SMILES string of the molecule is CCCCN(CCO)C(=O)C1CC(C)CC1C(=O)O. The fourth-order valence-electron chi connectivity index (χ4n) is 2.87. The molecule has 1 fully saturated rings. The highest BCUT2D eigenvalue weighted by atomic mass is 16.4. The van der Waals surface area contributed by atoms with Crippen LogP contribution in [0.5, 0.6) is 0 Å². The highest BCUT2D eigenvalue weighted by molar-refractivity contribution is 5.85. The molecule has 1 amide bonds. The molecule has 0 aromatic carbocycles. The van der Waals surface area contributed by atoms with E-state index in [9.17, 15) is 14.7 Å². The van der Waals surface area contributed by atoms with Crippen LogP contribution in [-0.2, 0) is 9.59 Å². The first-order chi connectivity index (χ1) is 9.01. The van der Waals surface area contributed by atoms with Crippen molar-refractivity contribution < 1.29 is 19.8 Å². The fourth-order valence-corrected chi connectivity index (χ4v) is 2.87. The molecule has 3 atom stereocenters. The van der Waals surface area contributed by atoms with E-state index in [1.54, 1.807) is 4.90 Å². The lowest BCUT2D eigenvalue weighted by Gasteiger charge is -2.26. The first kappa shape index (κ1) is 16.0. The molecule has 110 valence electrons. The average molecular weight is 271 g/mol. The molecule has 1 saturated carbocycles. The van der Waals surface area contributed by atoms with Crippen molar-refractivity contribution in [3.8, 4) is 0 Å². The van der Waals surface area contributed by atoms with Gasteiger partial charge in [0.25, 0.3) is 0 Å². The Labute approximate surface area is 114 Å². The zero-order chi connectivity index (χ0) is 14.4. The summed E-state index contributed by atoms with van der Waals surface area (Å²) in [5.41, 5.74) is 0. The van der Waals surface area contributed by atoms with Crippen molar-refractivity contribution >= 4 is 11.9 Å². The van der Waals surface area contributed by atoms with E-state index in [-0.39, 0.29) is 18.4 Å². The molecule has 0 aromatic rings. The van der Waals surface area contributed by atoms with E-state index in [0.717, 1.165) is 12.8 Å². The molecule has 5 nitrogen and oxygen atoms in total. The number of hydrogen-bond acceptors (Lipinski definition) is 3. The topological polar surface area (TPSA) is 77.8 Å². The summed E-state index contributed by atoms with van der Waals surface area (Å²) in [4.78, 5) is 25.3. The number of aliphatic hydroxyl groups is 1. The number of carboxylic acids is 1. The number of nitrogens with zero attached hydrogens (tertiary/aromatic N) is 1. The lowest BCUT2D eigenvalue weighted by Crippen LogP contribution is -2.41. The minimum Gasteiger partial charge on any atom is -0.481 e. The highest BCUT2D eigenvalue weighted by Gasteiger charge is 2.42. The van der Waals surface area contributed by atoms with E-state index in [1.807, 2.05) is 13.8 Å². The van der Waals surface area contributed by atoms with Crippen LogP contribution >= 0.6 is 0 Å². The Morgan fingerprint density at radius 2 is 1.84 bits per heavy atom. The summed E-state index contributed by atoms with van der Waals surface area (Å²) in [6.45, 7) is 4.86. The van der Waals surface area contributed by atoms with Crippen molar-refractivity contribution in [3.05, 3.63) is 0 Å². The molecule has 1 aliphatic rings. The molecular formula is C14H25NO4. The minimum absolute atomic E-state index is 0.0739. The van der Waals surface area contributed by atoms with Gasteiger partial charge in [-0.15, -0.1) is 0 Å². The van der Waals surface area contributed by atoms with Gasteiger partial charge in [0.05, 0.1) is 18.4 Å². The normalized spacial score (nSPS) is 26.4. The zero-order valence-corrected chi connectivity index (χ0v) is 11.8. The number of rotatable bonds is 7. The molecular weight excluding hydrogens is 246 g/mol. The summed E-state index contributed by atoms with van der Waals surface area (Å²) in [5.74, 6) is -1.68. The van der Waals surface area contributed by atoms with Gasteiger partial charge in [0.2, 0.25) is 5.91 Å². The van der Waals surface area contributed by atoms with Crippen molar-refractivity contribution in [2.75, 3.05) is 19.7 Å². The Hall–Kier alpha value is -1.10. The Kier molecular flexibility index (Phi) is 6.28.